The van der Waals surface area contributed by atoms with Gasteiger partial charge in [-0.15, -0.1) is 0 Å². The Kier molecular flexibility index (Phi) is 6.94. The Hall–Kier alpha value is -4.51. The lowest BCUT2D eigenvalue weighted by Gasteiger charge is -2.04. The van der Waals surface area contributed by atoms with Gasteiger partial charge in [-0.05, 0) is 48.0 Å². The summed E-state index contributed by atoms with van der Waals surface area (Å²) < 4.78 is 10.8. The first-order chi connectivity index (χ1) is 16.5. The lowest BCUT2D eigenvalue weighted by molar-refractivity contribution is -0.384. The number of para-hydroxylation sites is 2. The molecule has 4 aromatic rings. The minimum absolute atomic E-state index is 0.0678. The van der Waals surface area contributed by atoms with Gasteiger partial charge in [-0.25, -0.2) is 15.2 Å². The number of hydrazone groups is 1. The fraction of sp³-hybridized carbons (Fsp3) is 0.0435. The molecule has 11 heteroatoms. The number of esters is 1. The highest BCUT2D eigenvalue weighted by atomic mass is 32.2. The lowest BCUT2D eigenvalue weighted by atomic mass is 10.2. The SMILES string of the molecule is O=C(CSc1nc2ccccc2o1)N/N=C\c1ccc(OC(=O)c2cccc([N+](=O)[O-])c2)cc1. The van der Waals surface area contributed by atoms with Crippen molar-refractivity contribution in [2.24, 2.45) is 5.10 Å². The van der Waals surface area contributed by atoms with Crippen molar-refractivity contribution < 1.29 is 23.7 Å². The molecular weight excluding hydrogens is 460 g/mol. The third-order valence-electron chi connectivity index (χ3n) is 4.39. The first-order valence-corrected chi connectivity index (χ1v) is 10.8. The second kappa shape index (κ2) is 10.4. The molecule has 0 unspecified atom stereocenters. The van der Waals surface area contributed by atoms with Crippen molar-refractivity contribution in [3.8, 4) is 5.75 Å². The highest BCUT2D eigenvalue weighted by molar-refractivity contribution is 7.99. The van der Waals surface area contributed by atoms with Gasteiger partial charge >= 0.3 is 5.97 Å². The van der Waals surface area contributed by atoms with Crippen LogP contribution < -0.4 is 10.2 Å². The topological polar surface area (TPSA) is 137 Å². The Bertz CT molecular complexity index is 1350. The molecule has 0 saturated heterocycles. The van der Waals surface area contributed by atoms with Crippen LogP contribution in [0.1, 0.15) is 15.9 Å². The Morgan fingerprint density at radius 1 is 1.12 bits per heavy atom. The molecule has 0 radical (unpaired) electrons. The van der Waals surface area contributed by atoms with Crippen molar-refractivity contribution in [3.05, 3.63) is 94.0 Å². The molecule has 4 rings (SSSR count). The Morgan fingerprint density at radius 3 is 2.68 bits per heavy atom. The van der Waals surface area contributed by atoms with E-state index in [9.17, 15) is 19.7 Å². The zero-order chi connectivity index (χ0) is 23.9. The molecule has 0 aliphatic heterocycles. The van der Waals surface area contributed by atoms with E-state index in [1.807, 2.05) is 18.2 Å². The normalized spacial score (nSPS) is 10.9. The van der Waals surface area contributed by atoms with Gasteiger partial charge in [0.2, 0.25) is 0 Å². The maximum Gasteiger partial charge on any atom is 0.343 e. The van der Waals surface area contributed by atoms with Crippen molar-refractivity contribution in [3.63, 3.8) is 0 Å². The van der Waals surface area contributed by atoms with Crippen LogP contribution in [0.2, 0.25) is 0 Å². The Labute approximate surface area is 196 Å². The molecule has 1 amide bonds. The largest absolute Gasteiger partial charge is 0.431 e. The van der Waals surface area contributed by atoms with Crippen LogP contribution in [0.25, 0.3) is 11.1 Å². The number of carbonyl (C=O) groups excluding carboxylic acids is 2. The number of hydrogen-bond donors (Lipinski definition) is 1. The number of oxazole rings is 1. The molecule has 1 N–H and O–H groups in total. The summed E-state index contributed by atoms with van der Waals surface area (Å²) in [4.78, 5) is 38.7. The molecule has 1 aromatic heterocycles. The zero-order valence-corrected chi connectivity index (χ0v) is 18.2. The Morgan fingerprint density at radius 2 is 1.91 bits per heavy atom. The third-order valence-corrected chi connectivity index (χ3v) is 5.22. The number of aromatic nitrogens is 1. The quantitative estimate of drug-likeness (QED) is 0.0998. The van der Waals surface area contributed by atoms with Gasteiger partial charge in [-0.2, -0.15) is 5.10 Å². The number of nitrogens with zero attached hydrogens (tertiary/aromatic N) is 3. The van der Waals surface area contributed by atoms with Crippen LogP contribution in [0, 0.1) is 10.1 Å². The van der Waals surface area contributed by atoms with Gasteiger partial charge in [0.15, 0.2) is 5.58 Å². The van der Waals surface area contributed by atoms with E-state index in [0.29, 0.717) is 16.4 Å². The molecule has 1 heterocycles. The predicted octanol–water partition coefficient (Wildman–Crippen LogP) is 4.20. The smallest absolute Gasteiger partial charge is 0.343 e. The molecule has 0 spiro atoms. The van der Waals surface area contributed by atoms with E-state index < -0.39 is 10.9 Å². The highest BCUT2D eigenvalue weighted by Crippen LogP contribution is 2.23. The number of carbonyl (C=O) groups is 2. The average Bonchev–Trinajstić information content (AvgIpc) is 3.27. The molecule has 10 nitrogen and oxygen atoms in total. The first-order valence-electron chi connectivity index (χ1n) is 9.85. The minimum Gasteiger partial charge on any atom is -0.431 e. The molecule has 0 saturated carbocycles. The second-order valence-electron chi connectivity index (χ2n) is 6.80. The van der Waals surface area contributed by atoms with Gasteiger partial charge in [0.25, 0.3) is 16.8 Å². The highest BCUT2D eigenvalue weighted by Gasteiger charge is 2.13. The molecular formula is C23H16N4O6S. The maximum atomic E-state index is 12.2. The van der Waals surface area contributed by atoms with Crippen LogP contribution >= 0.6 is 11.8 Å². The van der Waals surface area contributed by atoms with E-state index in [-0.39, 0.29) is 28.7 Å². The maximum absolute atomic E-state index is 12.2. The van der Waals surface area contributed by atoms with Crippen LogP contribution in [0.15, 0.2) is 87.5 Å². The van der Waals surface area contributed by atoms with Gasteiger partial charge in [0.05, 0.1) is 22.5 Å². The summed E-state index contributed by atoms with van der Waals surface area (Å²) in [5.41, 5.74) is 4.32. The summed E-state index contributed by atoms with van der Waals surface area (Å²) in [7, 11) is 0. The summed E-state index contributed by atoms with van der Waals surface area (Å²) in [6.07, 6.45) is 1.44. The average molecular weight is 476 g/mol. The monoisotopic (exact) mass is 476 g/mol. The predicted molar refractivity (Wildman–Crippen MR) is 125 cm³/mol. The fourth-order valence-electron chi connectivity index (χ4n) is 2.79. The number of thioether (sulfide) groups is 1. The van der Waals surface area contributed by atoms with Gasteiger partial charge in [-0.3, -0.25) is 14.9 Å². The summed E-state index contributed by atoms with van der Waals surface area (Å²) in [5, 5.41) is 15.1. The number of benzene rings is 3. The van der Waals surface area contributed by atoms with Gasteiger partial charge in [0, 0.05) is 12.1 Å². The van der Waals surface area contributed by atoms with Crippen LogP contribution in [0.5, 0.6) is 5.75 Å². The zero-order valence-electron chi connectivity index (χ0n) is 17.4. The second-order valence-corrected chi connectivity index (χ2v) is 7.72. The van der Waals surface area contributed by atoms with Crippen molar-refractivity contribution in [1.82, 2.24) is 10.4 Å². The Balaban J connectivity index is 1.26. The summed E-state index contributed by atoms with van der Waals surface area (Å²) in [5.74, 6) is -0.705. The number of fused-ring (bicyclic) bond motifs is 1. The van der Waals surface area contributed by atoms with Crippen LogP contribution in [-0.2, 0) is 4.79 Å². The van der Waals surface area contributed by atoms with E-state index in [2.05, 4.69) is 15.5 Å². The van der Waals surface area contributed by atoms with E-state index >= 15 is 0 Å². The molecule has 170 valence electrons. The number of non-ortho nitro benzene ring substituents is 1. The van der Waals surface area contributed by atoms with Crippen LogP contribution in [0.3, 0.4) is 0 Å². The van der Waals surface area contributed by atoms with Crippen molar-refractivity contribution in [1.29, 1.82) is 0 Å². The summed E-state index contributed by atoms with van der Waals surface area (Å²) in [6.45, 7) is 0. The lowest BCUT2D eigenvalue weighted by Crippen LogP contribution is -2.19. The van der Waals surface area contributed by atoms with Crippen molar-refractivity contribution in [2.45, 2.75) is 5.22 Å². The molecule has 0 aliphatic rings. The molecule has 0 bridgehead atoms. The van der Waals surface area contributed by atoms with E-state index in [1.165, 1.54) is 24.4 Å². The standard InChI is InChI=1S/C23H16N4O6S/c28-21(14-34-23-25-19-6-1-2-7-20(19)33-23)26-24-13-15-8-10-18(11-9-15)32-22(29)16-4-3-5-17(12-16)27(30)31/h1-13H,14H2,(H,26,28)/b24-13-. The number of nitro benzene ring substituents is 1. The molecule has 0 aliphatic carbocycles. The van der Waals surface area contributed by atoms with Crippen LogP contribution in [0.4, 0.5) is 5.69 Å². The first kappa shape index (κ1) is 22.7. The number of nitro groups is 1. The van der Waals surface area contributed by atoms with Crippen molar-refractivity contribution in [2.75, 3.05) is 5.75 Å². The molecule has 0 fully saturated rings. The minimum atomic E-state index is -0.714. The van der Waals surface area contributed by atoms with Gasteiger partial charge in [0.1, 0.15) is 11.3 Å². The van der Waals surface area contributed by atoms with Crippen molar-refractivity contribution >= 4 is 46.6 Å². The molecule has 34 heavy (non-hydrogen) atoms. The summed E-state index contributed by atoms with van der Waals surface area (Å²) in [6, 6.07) is 19.0. The van der Waals surface area contributed by atoms with E-state index in [4.69, 9.17) is 9.15 Å². The number of hydrogen-bond acceptors (Lipinski definition) is 9. The van der Waals surface area contributed by atoms with Gasteiger partial charge < -0.3 is 9.15 Å². The number of rotatable bonds is 8. The number of amides is 1. The van der Waals surface area contributed by atoms with E-state index in [0.717, 1.165) is 23.3 Å². The fourth-order valence-corrected chi connectivity index (χ4v) is 3.42. The number of ether oxygens (including phenoxy) is 1. The summed E-state index contributed by atoms with van der Waals surface area (Å²) >= 11 is 1.16. The van der Waals surface area contributed by atoms with E-state index in [1.54, 1.807) is 30.3 Å². The third kappa shape index (κ3) is 5.84. The van der Waals surface area contributed by atoms with Crippen LogP contribution in [-0.4, -0.2) is 33.8 Å². The molecule has 0 atom stereocenters. The number of nitrogens with one attached hydrogen (secondary N) is 1. The molecule has 3 aromatic carbocycles. The van der Waals surface area contributed by atoms with Gasteiger partial charge in [-0.1, -0.05) is 30.0 Å².